The molecule has 3 heterocycles. The molecule has 0 spiro atoms. The lowest BCUT2D eigenvalue weighted by Crippen LogP contribution is -2.35. The van der Waals surface area contributed by atoms with Crippen LogP contribution in [0.3, 0.4) is 0 Å². The van der Waals surface area contributed by atoms with E-state index in [0.717, 1.165) is 55.1 Å². The number of ether oxygens (including phenoxy) is 2. The van der Waals surface area contributed by atoms with E-state index in [0.29, 0.717) is 35.6 Å². The summed E-state index contributed by atoms with van der Waals surface area (Å²) in [5.74, 6) is 1.72. The highest BCUT2D eigenvalue weighted by Crippen LogP contribution is 2.33. The molecule has 4 aromatic rings. The van der Waals surface area contributed by atoms with Gasteiger partial charge in [-0.25, -0.2) is 14.6 Å². The SMILES string of the molecule is COc1cc(N2CCCN(CC(C)O)CC2)ccc1Nc1ncc(-c2ccc(Cl)c(OC(C)Cn3cnnn3)c2)cn1. The highest BCUT2D eigenvalue weighted by Gasteiger charge is 2.18. The van der Waals surface area contributed by atoms with E-state index in [4.69, 9.17) is 21.1 Å². The van der Waals surface area contributed by atoms with Gasteiger partial charge < -0.3 is 24.8 Å². The zero-order valence-electron chi connectivity index (χ0n) is 24.0. The first kappa shape index (κ1) is 29.5. The summed E-state index contributed by atoms with van der Waals surface area (Å²) in [6.07, 6.45) is 5.57. The van der Waals surface area contributed by atoms with Gasteiger partial charge in [0.2, 0.25) is 5.95 Å². The van der Waals surface area contributed by atoms with Gasteiger partial charge in [-0.05, 0) is 67.1 Å². The van der Waals surface area contributed by atoms with Gasteiger partial charge >= 0.3 is 0 Å². The molecule has 1 aliphatic heterocycles. The third-order valence-electron chi connectivity index (χ3n) is 6.99. The molecule has 2 aromatic carbocycles. The molecule has 1 saturated heterocycles. The molecule has 2 N–H and O–H groups in total. The highest BCUT2D eigenvalue weighted by molar-refractivity contribution is 6.32. The van der Waals surface area contributed by atoms with Crippen molar-refractivity contribution in [1.29, 1.82) is 0 Å². The van der Waals surface area contributed by atoms with Crippen molar-refractivity contribution in [3.63, 3.8) is 0 Å². The van der Waals surface area contributed by atoms with E-state index >= 15 is 0 Å². The average Bonchev–Trinajstić information content (AvgIpc) is 3.38. The molecule has 12 nitrogen and oxygen atoms in total. The summed E-state index contributed by atoms with van der Waals surface area (Å²) in [6, 6.07) is 11.7. The predicted molar refractivity (Wildman–Crippen MR) is 162 cm³/mol. The molecule has 0 saturated carbocycles. The number of halogens is 1. The maximum Gasteiger partial charge on any atom is 0.227 e. The number of methoxy groups -OCH3 is 1. The van der Waals surface area contributed by atoms with Crippen molar-refractivity contribution in [3.05, 3.63) is 60.1 Å². The maximum atomic E-state index is 9.75. The molecule has 42 heavy (non-hydrogen) atoms. The number of nitrogens with one attached hydrogen (secondary N) is 1. The summed E-state index contributed by atoms with van der Waals surface area (Å²) in [5.41, 5.74) is 3.57. The number of anilines is 3. The number of aromatic nitrogens is 6. The van der Waals surface area contributed by atoms with E-state index in [1.807, 2.05) is 38.1 Å². The Labute approximate surface area is 250 Å². The van der Waals surface area contributed by atoms with Gasteiger partial charge in [0.1, 0.15) is 23.9 Å². The van der Waals surface area contributed by atoms with Gasteiger partial charge in [-0.2, -0.15) is 0 Å². The van der Waals surface area contributed by atoms with Gasteiger partial charge in [0.05, 0.1) is 30.5 Å². The zero-order valence-corrected chi connectivity index (χ0v) is 24.8. The van der Waals surface area contributed by atoms with Gasteiger partial charge in [-0.3, -0.25) is 4.90 Å². The van der Waals surface area contributed by atoms with Crippen LogP contribution in [-0.4, -0.2) is 92.2 Å². The molecule has 2 atom stereocenters. The molecule has 222 valence electrons. The van der Waals surface area contributed by atoms with Crippen molar-refractivity contribution in [1.82, 2.24) is 35.1 Å². The number of hydrogen-bond acceptors (Lipinski definition) is 11. The van der Waals surface area contributed by atoms with Crippen LogP contribution in [0.2, 0.25) is 5.02 Å². The molecule has 0 amide bonds. The first-order valence-electron chi connectivity index (χ1n) is 14.0. The number of aliphatic hydroxyl groups is 1. The van der Waals surface area contributed by atoms with Crippen molar-refractivity contribution in [2.45, 2.75) is 39.0 Å². The Hall–Kier alpha value is -4.00. The Morgan fingerprint density at radius 3 is 2.55 bits per heavy atom. The fourth-order valence-electron chi connectivity index (χ4n) is 4.98. The van der Waals surface area contributed by atoms with Crippen LogP contribution in [-0.2, 0) is 6.54 Å². The number of β-amino-alcohol motifs (C(OH)–C–C–N with tert-alkyl or cyclic N) is 1. The van der Waals surface area contributed by atoms with E-state index < -0.39 is 0 Å². The predicted octanol–water partition coefficient (Wildman–Crippen LogP) is 3.90. The van der Waals surface area contributed by atoms with Crippen LogP contribution in [0, 0.1) is 0 Å². The van der Waals surface area contributed by atoms with Gasteiger partial charge in [0, 0.05) is 55.9 Å². The molecule has 2 unspecified atom stereocenters. The van der Waals surface area contributed by atoms with Crippen LogP contribution in [0.5, 0.6) is 11.5 Å². The quantitative estimate of drug-likeness (QED) is 0.263. The molecule has 13 heteroatoms. The number of benzene rings is 2. The molecule has 5 rings (SSSR count). The summed E-state index contributed by atoms with van der Waals surface area (Å²) in [5, 5.41) is 24.7. The molecule has 0 bridgehead atoms. The van der Waals surface area contributed by atoms with E-state index in [1.165, 1.54) is 0 Å². The number of aliphatic hydroxyl groups excluding tert-OH is 1. The van der Waals surface area contributed by atoms with Crippen LogP contribution >= 0.6 is 11.6 Å². The zero-order chi connectivity index (χ0) is 29.5. The Kier molecular flexibility index (Phi) is 9.67. The Balaban J connectivity index is 1.24. The van der Waals surface area contributed by atoms with E-state index in [1.54, 1.807) is 36.6 Å². The monoisotopic (exact) mass is 593 g/mol. The number of nitrogens with zero attached hydrogens (tertiary/aromatic N) is 8. The topological polar surface area (TPSA) is 127 Å². The van der Waals surface area contributed by atoms with E-state index in [9.17, 15) is 5.11 Å². The van der Waals surface area contributed by atoms with Crippen LogP contribution in [0.4, 0.5) is 17.3 Å². The van der Waals surface area contributed by atoms with E-state index in [-0.39, 0.29) is 12.2 Å². The van der Waals surface area contributed by atoms with Gasteiger partial charge in [0.25, 0.3) is 0 Å². The first-order chi connectivity index (χ1) is 20.4. The average molecular weight is 594 g/mol. The molecule has 0 radical (unpaired) electrons. The van der Waals surface area contributed by atoms with Crippen LogP contribution in [0.25, 0.3) is 11.1 Å². The smallest absolute Gasteiger partial charge is 0.227 e. The minimum atomic E-state index is -0.320. The molecule has 1 aliphatic rings. The lowest BCUT2D eigenvalue weighted by molar-refractivity contribution is 0.131. The van der Waals surface area contributed by atoms with Gasteiger partial charge in [0.15, 0.2) is 0 Å². The van der Waals surface area contributed by atoms with Gasteiger partial charge in [-0.1, -0.05) is 17.7 Å². The van der Waals surface area contributed by atoms with Crippen molar-refractivity contribution >= 4 is 28.9 Å². The molecule has 0 aliphatic carbocycles. The lowest BCUT2D eigenvalue weighted by Gasteiger charge is -2.25. The van der Waals surface area contributed by atoms with Crippen molar-refractivity contribution in [2.24, 2.45) is 0 Å². The number of rotatable bonds is 11. The van der Waals surface area contributed by atoms with Crippen molar-refractivity contribution < 1.29 is 14.6 Å². The Bertz CT molecular complexity index is 1440. The van der Waals surface area contributed by atoms with Crippen LogP contribution in [0.1, 0.15) is 20.3 Å². The normalized spacial score (nSPS) is 15.6. The van der Waals surface area contributed by atoms with Crippen LogP contribution in [0.15, 0.2) is 55.1 Å². The van der Waals surface area contributed by atoms with Crippen molar-refractivity contribution in [2.75, 3.05) is 50.1 Å². The lowest BCUT2D eigenvalue weighted by atomic mass is 10.1. The molecular formula is C29H36ClN9O3. The summed E-state index contributed by atoms with van der Waals surface area (Å²) in [4.78, 5) is 13.7. The van der Waals surface area contributed by atoms with Crippen molar-refractivity contribution in [3.8, 4) is 22.6 Å². The first-order valence-corrected chi connectivity index (χ1v) is 14.4. The fraction of sp³-hybridized carbons (Fsp3) is 0.414. The third kappa shape index (κ3) is 7.64. The standard InChI is InChI=1S/C29H36ClN9O3/c1-20(40)17-37-9-4-10-38(12-11-37)24-6-8-26(28(14-24)41-3)34-29-31-15-23(16-32-29)22-5-7-25(30)27(13-22)42-21(2)18-39-19-33-35-36-39/h5-8,13-16,19-21,40H,4,9-12,17-18H2,1-3H3,(H,31,32,34). The van der Waals surface area contributed by atoms with E-state index in [2.05, 4.69) is 46.7 Å². The maximum absolute atomic E-state index is 9.75. The minimum absolute atomic E-state index is 0.199. The second kappa shape index (κ2) is 13.8. The largest absolute Gasteiger partial charge is 0.494 e. The third-order valence-corrected chi connectivity index (χ3v) is 7.30. The fourth-order valence-corrected chi connectivity index (χ4v) is 5.14. The molecular weight excluding hydrogens is 558 g/mol. The molecule has 1 fully saturated rings. The minimum Gasteiger partial charge on any atom is -0.494 e. The summed E-state index contributed by atoms with van der Waals surface area (Å²) in [6.45, 7) is 8.69. The summed E-state index contributed by atoms with van der Waals surface area (Å²) >= 11 is 6.41. The van der Waals surface area contributed by atoms with Gasteiger partial charge in [-0.15, -0.1) is 5.10 Å². The Morgan fingerprint density at radius 2 is 1.81 bits per heavy atom. The van der Waals surface area contributed by atoms with Crippen LogP contribution < -0.4 is 19.7 Å². The summed E-state index contributed by atoms with van der Waals surface area (Å²) < 4.78 is 13.4. The molecule has 2 aromatic heterocycles. The summed E-state index contributed by atoms with van der Waals surface area (Å²) in [7, 11) is 1.66. The number of tetrazole rings is 1. The second-order valence-corrected chi connectivity index (χ2v) is 10.8. The highest BCUT2D eigenvalue weighted by atomic mass is 35.5. The second-order valence-electron chi connectivity index (χ2n) is 10.4. The number of hydrogen-bond donors (Lipinski definition) is 2. The Morgan fingerprint density at radius 1 is 0.976 bits per heavy atom.